The number of carboxylic acids is 1. The van der Waals surface area contributed by atoms with Gasteiger partial charge in [0, 0.05) is 0 Å². The molecule has 0 saturated carbocycles. The molecule has 0 unspecified atom stereocenters. The molecule has 1 aliphatic carbocycles. The number of rotatable bonds is 2. The van der Waals surface area contributed by atoms with Crippen molar-refractivity contribution in [3.05, 3.63) is 59.2 Å². The third-order valence-corrected chi connectivity index (χ3v) is 3.77. The van der Waals surface area contributed by atoms with Crippen LogP contribution >= 0.6 is 0 Å². The topological polar surface area (TPSA) is 57.5 Å². The van der Waals surface area contributed by atoms with E-state index in [9.17, 15) is 9.90 Å². The Morgan fingerprint density at radius 2 is 1.79 bits per heavy atom. The van der Waals surface area contributed by atoms with Crippen molar-refractivity contribution in [3.63, 3.8) is 0 Å². The van der Waals surface area contributed by atoms with Crippen LogP contribution in [0.25, 0.3) is 11.1 Å². The van der Waals surface area contributed by atoms with Crippen LogP contribution in [0.15, 0.2) is 42.5 Å². The average Bonchev–Trinajstić information content (AvgIpc) is 2.75. The van der Waals surface area contributed by atoms with E-state index in [1.165, 1.54) is 18.1 Å². The molecule has 0 fully saturated rings. The molecule has 2 aromatic carbocycles. The number of aliphatic carboxylic acids is 1. The van der Waals surface area contributed by atoms with Crippen molar-refractivity contribution in [1.82, 2.24) is 0 Å². The van der Waals surface area contributed by atoms with E-state index in [1.807, 2.05) is 18.2 Å². The number of carbonyl (C=O) groups is 1. The van der Waals surface area contributed by atoms with Gasteiger partial charge in [-0.2, -0.15) is 0 Å². The van der Waals surface area contributed by atoms with E-state index in [-0.39, 0.29) is 0 Å². The third kappa shape index (κ3) is 1.74. The minimum Gasteiger partial charge on any atom is -0.479 e. The lowest BCUT2D eigenvalue weighted by Crippen LogP contribution is -2.31. The summed E-state index contributed by atoms with van der Waals surface area (Å²) in [6, 6.07) is 13.5. The van der Waals surface area contributed by atoms with Crippen LogP contribution in [-0.4, -0.2) is 16.2 Å². The second kappa shape index (κ2) is 3.93. The number of hydrogen-bond donors (Lipinski definition) is 2. The first kappa shape index (κ1) is 11.9. The normalized spacial score (nSPS) is 15.5. The molecule has 96 valence electrons. The predicted octanol–water partition coefficient (Wildman–Crippen LogP) is 2.55. The summed E-state index contributed by atoms with van der Waals surface area (Å²) in [6.45, 7) is 1.30. The Morgan fingerprint density at radius 1 is 1.11 bits per heavy atom. The van der Waals surface area contributed by atoms with Crippen LogP contribution in [0.5, 0.6) is 0 Å². The third-order valence-electron chi connectivity index (χ3n) is 3.77. The van der Waals surface area contributed by atoms with Crippen molar-refractivity contribution >= 4 is 5.97 Å². The molecule has 0 bridgehead atoms. The standard InChI is InChI=1S/C16H14O3/c1-16(19,15(17)18)12-6-7-14-11(9-12)8-10-4-2-3-5-13(10)14/h2-7,9,19H,8H2,1H3,(H,17,18)/t16-/m1/s1. The number of fused-ring (bicyclic) bond motifs is 3. The SMILES string of the molecule is C[C@](O)(C(=O)O)c1ccc2c(c1)Cc1ccccc1-2. The van der Waals surface area contributed by atoms with E-state index in [4.69, 9.17) is 5.11 Å². The molecule has 0 aliphatic heterocycles. The van der Waals surface area contributed by atoms with Gasteiger partial charge < -0.3 is 10.2 Å². The molecule has 1 aliphatic rings. The molecular formula is C16H14O3. The van der Waals surface area contributed by atoms with E-state index < -0.39 is 11.6 Å². The van der Waals surface area contributed by atoms with Gasteiger partial charge in [-0.05, 0) is 41.2 Å². The summed E-state index contributed by atoms with van der Waals surface area (Å²) >= 11 is 0. The Kier molecular flexibility index (Phi) is 2.47. The Hall–Kier alpha value is -2.13. The number of hydrogen-bond acceptors (Lipinski definition) is 2. The Bertz CT molecular complexity index is 671. The Morgan fingerprint density at radius 3 is 2.53 bits per heavy atom. The van der Waals surface area contributed by atoms with Crippen LogP contribution in [-0.2, 0) is 16.8 Å². The van der Waals surface area contributed by atoms with Crippen LogP contribution < -0.4 is 0 Å². The second-order valence-corrected chi connectivity index (χ2v) is 5.08. The average molecular weight is 254 g/mol. The Labute approximate surface area is 111 Å². The second-order valence-electron chi connectivity index (χ2n) is 5.08. The molecule has 0 saturated heterocycles. The molecule has 0 spiro atoms. The fourth-order valence-electron chi connectivity index (χ4n) is 2.57. The summed E-state index contributed by atoms with van der Waals surface area (Å²) in [6.07, 6.45) is 0.787. The maximum Gasteiger partial charge on any atom is 0.340 e. The molecule has 0 amide bonds. The van der Waals surface area contributed by atoms with Gasteiger partial charge in [-0.25, -0.2) is 4.79 Å². The maximum atomic E-state index is 11.1. The molecule has 3 rings (SSSR count). The summed E-state index contributed by atoms with van der Waals surface area (Å²) in [5.41, 5.74) is 3.21. The number of benzene rings is 2. The molecule has 1 atom stereocenters. The highest BCUT2D eigenvalue weighted by Gasteiger charge is 2.33. The molecule has 3 heteroatoms. The Balaban J connectivity index is 2.10. The summed E-state index contributed by atoms with van der Waals surface area (Å²) in [5, 5.41) is 19.1. The monoisotopic (exact) mass is 254 g/mol. The largest absolute Gasteiger partial charge is 0.479 e. The predicted molar refractivity (Wildman–Crippen MR) is 71.9 cm³/mol. The fraction of sp³-hybridized carbons (Fsp3) is 0.188. The van der Waals surface area contributed by atoms with Gasteiger partial charge in [0.05, 0.1) is 0 Å². The number of aliphatic hydroxyl groups is 1. The molecule has 2 N–H and O–H groups in total. The molecule has 3 nitrogen and oxygen atoms in total. The lowest BCUT2D eigenvalue weighted by Gasteiger charge is -2.19. The molecule has 0 heterocycles. The molecule has 0 aromatic heterocycles. The minimum atomic E-state index is -1.84. The van der Waals surface area contributed by atoms with Gasteiger partial charge in [0.1, 0.15) is 0 Å². The van der Waals surface area contributed by atoms with Gasteiger partial charge in [-0.3, -0.25) is 0 Å². The summed E-state index contributed by atoms with van der Waals surface area (Å²) in [7, 11) is 0. The van der Waals surface area contributed by atoms with Crippen molar-refractivity contribution in [1.29, 1.82) is 0 Å². The van der Waals surface area contributed by atoms with Crippen LogP contribution in [0.2, 0.25) is 0 Å². The highest BCUT2D eigenvalue weighted by atomic mass is 16.4. The van der Waals surface area contributed by atoms with Gasteiger partial charge in [-0.15, -0.1) is 0 Å². The van der Waals surface area contributed by atoms with Crippen LogP contribution in [0, 0.1) is 0 Å². The first-order valence-corrected chi connectivity index (χ1v) is 6.17. The quantitative estimate of drug-likeness (QED) is 0.739. The van der Waals surface area contributed by atoms with E-state index in [0.29, 0.717) is 5.56 Å². The van der Waals surface area contributed by atoms with Gasteiger partial charge in [0.25, 0.3) is 0 Å². The van der Waals surface area contributed by atoms with E-state index in [2.05, 4.69) is 12.1 Å². The van der Waals surface area contributed by atoms with Crippen LogP contribution in [0.4, 0.5) is 0 Å². The van der Waals surface area contributed by atoms with E-state index >= 15 is 0 Å². The van der Waals surface area contributed by atoms with Gasteiger partial charge >= 0.3 is 5.97 Å². The van der Waals surface area contributed by atoms with Crippen molar-refractivity contribution in [2.75, 3.05) is 0 Å². The van der Waals surface area contributed by atoms with Gasteiger partial charge in [0.15, 0.2) is 5.60 Å². The first-order valence-electron chi connectivity index (χ1n) is 6.17. The summed E-state index contributed by atoms with van der Waals surface area (Å²) < 4.78 is 0. The van der Waals surface area contributed by atoms with Crippen molar-refractivity contribution in [2.45, 2.75) is 18.9 Å². The molecule has 19 heavy (non-hydrogen) atoms. The molecule has 0 radical (unpaired) electrons. The zero-order valence-electron chi connectivity index (χ0n) is 10.6. The fourth-order valence-corrected chi connectivity index (χ4v) is 2.57. The lowest BCUT2D eigenvalue weighted by molar-refractivity contribution is -0.157. The van der Waals surface area contributed by atoms with Gasteiger partial charge in [0.2, 0.25) is 0 Å². The van der Waals surface area contributed by atoms with Crippen LogP contribution in [0.1, 0.15) is 23.6 Å². The van der Waals surface area contributed by atoms with E-state index in [0.717, 1.165) is 17.5 Å². The minimum absolute atomic E-state index is 0.423. The molecular weight excluding hydrogens is 240 g/mol. The highest BCUT2D eigenvalue weighted by molar-refractivity contribution is 5.81. The number of carboxylic acid groups (broad SMARTS) is 1. The zero-order valence-corrected chi connectivity index (χ0v) is 10.6. The van der Waals surface area contributed by atoms with Crippen molar-refractivity contribution in [2.24, 2.45) is 0 Å². The first-order chi connectivity index (χ1) is 9.00. The van der Waals surface area contributed by atoms with Crippen LogP contribution in [0.3, 0.4) is 0 Å². The van der Waals surface area contributed by atoms with E-state index in [1.54, 1.807) is 12.1 Å². The summed E-state index contributed by atoms with van der Waals surface area (Å²) in [5.74, 6) is -1.23. The summed E-state index contributed by atoms with van der Waals surface area (Å²) in [4.78, 5) is 11.1. The van der Waals surface area contributed by atoms with Gasteiger partial charge in [-0.1, -0.05) is 42.5 Å². The van der Waals surface area contributed by atoms with Crippen molar-refractivity contribution < 1.29 is 15.0 Å². The molecule has 2 aromatic rings. The maximum absolute atomic E-state index is 11.1. The zero-order chi connectivity index (χ0) is 13.6. The van der Waals surface area contributed by atoms with Crippen molar-refractivity contribution in [3.8, 4) is 11.1 Å². The lowest BCUT2D eigenvalue weighted by atomic mass is 9.92. The smallest absolute Gasteiger partial charge is 0.340 e. The highest BCUT2D eigenvalue weighted by Crippen LogP contribution is 2.38.